The fraction of sp³-hybridized carbons (Fsp3) is 0.0149. The smallest absolute Gasteiger partial charge is 0.135 e. The van der Waals surface area contributed by atoms with Crippen LogP contribution in [-0.2, 0) is 5.41 Å². The molecule has 328 valence electrons. The normalized spacial score (nSPS) is 12.4. The van der Waals surface area contributed by atoms with E-state index in [1.165, 1.54) is 55.6 Å². The summed E-state index contributed by atoms with van der Waals surface area (Å²) in [6.07, 6.45) is 5.26. The molecule has 0 spiro atoms. The van der Waals surface area contributed by atoms with Gasteiger partial charge >= 0.3 is 0 Å². The van der Waals surface area contributed by atoms with Gasteiger partial charge in [0.15, 0.2) is 0 Å². The van der Waals surface area contributed by atoms with Crippen LogP contribution >= 0.6 is 0 Å². The molecule has 2 nitrogen and oxygen atoms in total. The number of para-hydroxylation sites is 1. The molecule has 0 radical (unpaired) electrons. The summed E-state index contributed by atoms with van der Waals surface area (Å²) >= 11 is 0. The zero-order valence-corrected chi connectivity index (χ0v) is 38.3. The maximum Gasteiger partial charge on any atom is 0.135 e. The molecule has 0 bridgehead atoms. The summed E-state index contributed by atoms with van der Waals surface area (Å²) in [5, 5.41) is 0. The molecule has 0 amide bonds. The number of rotatable bonds is 13. The largest absolute Gasteiger partial charge is 0.457 e. The Kier molecular flexibility index (Phi) is 11.6. The van der Waals surface area contributed by atoms with Crippen LogP contribution < -0.4 is 9.64 Å². The molecule has 2 heteroatoms. The lowest BCUT2D eigenvalue weighted by Crippen LogP contribution is -2.28. The number of benzene rings is 10. The van der Waals surface area contributed by atoms with Crippen molar-refractivity contribution in [2.24, 2.45) is 0 Å². The molecule has 0 N–H and O–H groups in total. The van der Waals surface area contributed by atoms with Crippen molar-refractivity contribution in [3.8, 4) is 61.4 Å². The van der Waals surface area contributed by atoms with Gasteiger partial charge in [-0.05, 0) is 139 Å². The summed E-state index contributed by atoms with van der Waals surface area (Å²) in [7, 11) is 0. The van der Waals surface area contributed by atoms with E-state index in [9.17, 15) is 0 Å². The molecular formula is C67H49NO. The van der Waals surface area contributed by atoms with Crippen LogP contribution in [0.15, 0.2) is 292 Å². The Hall–Kier alpha value is -8.98. The predicted molar refractivity (Wildman–Crippen MR) is 289 cm³/mol. The first-order chi connectivity index (χ1) is 34.1. The van der Waals surface area contributed by atoms with E-state index in [4.69, 9.17) is 4.74 Å². The molecular weight excluding hydrogens is 835 g/mol. The van der Waals surface area contributed by atoms with Crippen LogP contribution in [0, 0.1) is 0 Å². The molecule has 11 rings (SSSR count). The van der Waals surface area contributed by atoms with Gasteiger partial charge in [-0.2, -0.15) is 0 Å². The topological polar surface area (TPSA) is 12.5 Å². The summed E-state index contributed by atoms with van der Waals surface area (Å²) in [5.41, 5.74) is 18.8. The zero-order chi connectivity index (χ0) is 46.6. The van der Waals surface area contributed by atoms with Gasteiger partial charge in [0.1, 0.15) is 11.5 Å². The Labute approximate surface area is 405 Å². The van der Waals surface area contributed by atoms with Gasteiger partial charge in [0.05, 0.1) is 5.41 Å². The summed E-state index contributed by atoms with van der Waals surface area (Å²) in [6, 6.07) is 92.2. The Morgan fingerprint density at radius 1 is 0.362 bits per heavy atom. The second kappa shape index (κ2) is 18.7. The maximum atomic E-state index is 6.48. The number of anilines is 3. The van der Waals surface area contributed by atoms with Crippen molar-refractivity contribution >= 4 is 17.1 Å². The Morgan fingerprint density at radius 3 is 1.43 bits per heavy atom. The lowest BCUT2D eigenvalue weighted by atomic mass is 9.67. The number of allylic oxidation sites excluding steroid dienone is 3. The van der Waals surface area contributed by atoms with Gasteiger partial charge in [-0.1, -0.05) is 219 Å². The molecule has 10 aromatic carbocycles. The van der Waals surface area contributed by atoms with Gasteiger partial charge in [0, 0.05) is 22.6 Å². The van der Waals surface area contributed by atoms with Gasteiger partial charge in [-0.15, -0.1) is 0 Å². The highest BCUT2D eigenvalue weighted by atomic mass is 16.5. The van der Waals surface area contributed by atoms with Gasteiger partial charge in [0.25, 0.3) is 0 Å². The molecule has 0 atom stereocenters. The van der Waals surface area contributed by atoms with Crippen LogP contribution in [0.4, 0.5) is 17.1 Å². The average Bonchev–Trinajstić information content (AvgIpc) is 3.72. The quantitative estimate of drug-likeness (QED) is 0.0845. The Morgan fingerprint density at radius 2 is 0.826 bits per heavy atom. The van der Waals surface area contributed by atoms with Crippen LogP contribution in [0.25, 0.3) is 55.6 Å². The zero-order valence-electron chi connectivity index (χ0n) is 38.3. The molecule has 0 aromatic heterocycles. The van der Waals surface area contributed by atoms with Crippen molar-refractivity contribution in [1.82, 2.24) is 0 Å². The van der Waals surface area contributed by atoms with Crippen LogP contribution in [-0.4, -0.2) is 0 Å². The molecule has 0 heterocycles. The third-order valence-corrected chi connectivity index (χ3v) is 13.3. The molecule has 1 aliphatic carbocycles. The van der Waals surface area contributed by atoms with Crippen LogP contribution in [0.2, 0.25) is 0 Å². The molecule has 69 heavy (non-hydrogen) atoms. The van der Waals surface area contributed by atoms with E-state index >= 15 is 0 Å². The van der Waals surface area contributed by atoms with Gasteiger partial charge in [0.2, 0.25) is 0 Å². The van der Waals surface area contributed by atoms with Crippen LogP contribution in [0.3, 0.4) is 0 Å². The minimum Gasteiger partial charge on any atom is -0.457 e. The molecule has 0 aliphatic heterocycles. The lowest BCUT2D eigenvalue weighted by Gasteiger charge is -2.35. The van der Waals surface area contributed by atoms with Crippen molar-refractivity contribution < 1.29 is 4.74 Å². The van der Waals surface area contributed by atoms with E-state index in [2.05, 4.69) is 261 Å². The van der Waals surface area contributed by atoms with Crippen LogP contribution in [0.1, 0.15) is 22.3 Å². The van der Waals surface area contributed by atoms with Crippen LogP contribution in [0.5, 0.6) is 5.75 Å². The maximum absolute atomic E-state index is 6.48. The second-order valence-electron chi connectivity index (χ2n) is 17.3. The van der Waals surface area contributed by atoms with Crippen molar-refractivity contribution in [3.05, 3.63) is 314 Å². The van der Waals surface area contributed by atoms with Gasteiger partial charge < -0.3 is 9.64 Å². The van der Waals surface area contributed by atoms with Crippen molar-refractivity contribution in [1.29, 1.82) is 0 Å². The number of hydrogen-bond donors (Lipinski definition) is 0. The van der Waals surface area contributed by atoms with E-state index in [1.807, 2.05) is 18.2 Å². The van der Waals surface area contributed by atoms with E-state index in [-0.39, 0.29) is 0 Å². The predicted octanol–water partition coefficient (Wildman–Crippen LogP) is 17.8. The number of fused-ring (bicyclic) bond motifs is 3. The minimum atomic E-state index is -0.671. The molecule has 0 saturated heterocycles. The van der Waals surface area contributed by atoms with Gasteiger partial charge in [-0.3, -0.25) is 0 Å². The Balaban J connectivity index is 1.10. The highest BCUT2D eigenvalue weighted by Crippen LogP contribution is 2.58. The van der Waals surface area contributed by atoms with E-state index in [1.54, 1.807) is 12.2 Å². The van der Waals surface area contributed by atoms with E-state index in [0.717, 1.165) is 45.1 Å². The third kappa shape index (κ3) is 7.99. The first-order valence-corrected chi connectivity index (χ1v) is 23.5. The van der Waals surface area contributed by atoms with E-state index in [0.29, 0.717) is 5.76 Å². The highest BCUT2D eigenvalue weighted by Gasteiger charge is 2.46. The number of hydrogen-bond acceptors (Lipinski definition) is 2. The first-order valence-electron chi connectivity index (χ1n) is 23.5. The second-order valence-corrected chi connectivity index (χ2v) is 17.3. The van der Waals surface area contributed by atoms with Crippen molar-refractivity contribution in [2.75, 3.05) is 4.90 Å². The number of ether oxygens (including phenoxy) is 1. The summed E-state index contributed by atoms with van der Waals surface area (Å²) < 4.78 is 6.48. The SMILES string of the molecule is C=C/C=C(\C=C)Oc1ccccc1-c1ccc2c(c1)C(c1ccccc1)(c1ccccc1)c1cc(N(c3ccc(-c4cccc(-c5ccccc5)c4)cc3)c3cccc(-c4ccccc4)c3)ccc1-2. The van der Waals surface area contributed by atoms with E-state index < -0.39 is 5.41 Å². The van der Waals surface area contributed by atoms with Crippen molar-refractivity contribution in [2.45, 2.75) is 5.41 Å². The average molecular weight is 884 g/mol. The highest BCUT2D eigenvalue weighted by molar-refractivity contribution is 5.92. The fourth-order valence-corrected chi connectivity index (χ4v) is 10.2. The standard InChI is InChI=1S/C67H49NO/c1-3-21-60(4-2)69-66-35-18-17-34-61(66)54-38-42-62-63-43-41-59(47-65(63)67(64(62)46-54,55-29-13-7-14-30-55)56-31-15-8-16-32-56)68(58-33-20-28-53(45-58)49-24-11-6-12-25-49)57-39-36-50(37-40-57)52-27-19-26-51(44-52)48-22-9-5-10-23-48/h3-47H,1-2H2/b60-21+. The molecule has 0 unspecified atom stereocenters. The molecule has 10 aromatic rings. The fourth-order valence-electron chi connectivity index (χ4n) is 10.2. The summed E-state index contributed by atoms with van der Waals surface area (Å²) in [6.45, 7) is 7.88. The molecule has 0 saturated carbocycles. The third-order valence-electron chi connectivity index (χ3n) is 13.3. The van der Waals surface area contributed by atoms with Crippen molar-refractivity contribution in [3.63, 3.8) is 0 Å². The molecule has 1 aliphatic rings. The monoisotopic (exact) mass is 883 g/mol. The summed E-state index contributed by atoms with van der Waals surface area (Å²) in [5.74, 6) is 1.38. The minimum absolute atomic E-state index is 0.632. The summed E-state index contributed by atoms with van der Waals surface area (Å²) in [4.78, 5) is 2.41. The Bertz CT molecular complexity index is 3440. The first kappa shape index (κ1) is 42.6. The molecule has 0 fully saturated rings. The number of nitrogens with zero attached hydrogens (tertiary/aromatic N) is 1. The van der Waals surface area contributed by atoms with Gasteiger partial charge in [-0.25, -0.2) is 0 Å². The lowest BCUT2D eigenvalue weighted by molar-refractivity contribution is 0.446.